The third kappa shape index (κ3) is 3.29. The number of hydrazone groups is 1. The smallest absolute Gasteiger partial charge is 0.161 e. The first-order chi connectivity index (χ1) is 11.3. The zero-order valence-corrected chi connectivity index (χ0v) is 14.3. The Bertz CT molecular complexity index is 573. The van der Waals surface area contributed by atoms with E-state index in [4.69, 9.17) is 9.47 Å². The molecule has 1 aromatic carbocycles. The number of nitrogens with zero attached hydrogens (tertiary/aromatic N) is 2. The van der Waals surface area contributed by atoms with Crippen molar-refractivity contribution in [2.45, 2.75) is 32.7 Å². The molecule has 1 saturated heterocycles. The number of ether oxygens (including phenoxy) is 2. The average molecular weight is 317 g/mol. The van der Waals surface area contributed by atoms with Crippen LogP contribution in [0.3, 0.4) is 0 Å². The van der Waals surface area contributed by atoms with Crippen molar-refractivity contribution in [1.82, 2.24) is 10.3 Å². The van der Waals surface area contributed by atoms with Crippen molar-refractivity contribution >= 4 is 5.71 Å². The number of methoxy groups -OCH3 is 1. The van der Waals surface area contributed by atoms with E-state index in [-0.39, 0.29) is 6.04 Å². The number of fused-ring (bicyclic) bond motifs is 1. The van der Waals surface area contributed by atoms with E-state index in [0.717, 1.165) is 31.0 Å². The van der Waals surface area contributed by atoms with Gasteiger partial charge in [0.05, 0.1) is 19.8 Å². The Morgan fingerprint density at radius 2 is 2.17 bits per heavy atom. The molecule has 0 saturated carbocycles. The molecule has 23 heavy (non-hydrogen) atoms. The third-order valence-corrected chi connectivity index (χ3v) is 4.70. The van der Waals surface area contributed by atoms with Crippen molar-refractivity contribution < 1.29 is 9.47 Å². The Kier molecular flexibility index (Phi) is 5.06. The van der Waals surface area contributed by atoms with E-state index in [1.165, 1.54) is 24.2 Å². The number of hydrogen-bond donors (Lipinski definition) is 1. The zero-order valence-electron chi connectivity index (χ0n) is 14.3. The molecule has 0 spiro atoms. The van der Waals surface area contributed by atoms with Crippen LogP contribution in [0.15, 0.2) is 23.3 Å². The summed E-state index contributed by atoms with van der Waals surface area (Å²) in [4.78, 5) is 2.55. The molecule has 1 aromatic rings. The van der Waals surface area contributed by atoms with Gasteiger partial charge >= 0.3 is 0 Å². The van der Waals surface area contributed by atoms with E-state index >= 15 is 0 Å². The second-order valence-corrected chi connectivity index (χ2v) is 6.21. The van der Waals surface area contributed by atoms with E-state index < -0.39 is 0 Å². The van der Waals surface area contributed by atoms with Crippen LogP contribution in [0.2, 0.25) is 0 Å². The fourth-order valence-corrected chi connectivity index (χ4v) is 3.59. The van der Waals surface area contributed by atoms with Gasteiger partial charge < -0.3 is 19.8 Å². The first-order valence-corrected chi connectivity index (χ1v) is 8.61. The lowest BCUT2D eigenvalue weighted by atomic mass is 9.86. The predicted octanol–water partition coefficient (Wildman–Crippen LogP) is 2.83. The normalized spacial score (nSPS) is 23.9. The molecular weight excluding hydrogens is 290 g/mol. The number of piperidine rings is 1. The van der Waals surface area contributed by atoms with Gasteiger partial charge in [-0.3, -0.25) is 0 Å². The largest absolute Gasteiger partial charge is 0.493 e. The number of likely N-dealkylation sites (tertiary alicyclic amines) is 1. The van der Waals surface area contributed by atoms with Crippen molar-refractivity contribution in [3.8, 4) is 11.5 Å². The van der Waals surface area contributed by atoms with Gasteiger partial charge in [-0.1, -0.05) is 13.0 Å². The zero-order chi connectivity index (χ0) is 16.2. The molecule has 2 aliphatic heterocycles. The van der Waals surface area contributed by atoms with Gasteiger partial charge in [0.15, 0.2) is 11.5 Å². The number of nitrogens with one attached hydrogen (secondary N) is 1. The molecule has 1 N–H and O–H groups in total. The lowest BCUT2D eigenvalue weighted by Gasteiger charge is -2.33. The lowest BCUT2D eigenvalue weighted by Crippen LogP contribution is -2.42. The Morgan fingerprint density at radius 1 is 1.30 bits per heavy atom. The SMILES string of the molecule is CCCN1CCC2=NNC(c3ccc(OCC)c(OC)c3)C2C1. The maximum absolute atomic E-state index is 5.62. The maximum Gasteiger partial charge on any atom is 0.161 e. The summed E-state index contributed by atoms with van der Waals surface area (Å²) in [7, 11) is 1.69. The minimum Gasteiger partial charge on any atom is -0.493 e. The standard InChI is InChI=1S/C18H27N3O2/c1-4-9-21-10-8-15-14(12-21)18(20-19-15)13-6-7-16(23-5-2)17(11-13)22-3/h6-7,11,14,18,20H,4-5,8-10,12H2,1-3H3. The molecule has 0 radical (unpaired) electrons. The highest BCUT2D eigenvalue weighted by molar-refractivity contribution is 5.90. The maximum atomic E-state index is 5.62. The Balaban J connectivity index is 1.79. The molecule has 126 valence electrons. The molecule has 5 nitrogen and oxygen atoms in total. The van der Waals surface area contributed by atoms with Crippen molar-refractivity contribution in [3.63, 3.8) is 0 Å². The summed E-state index contributed by atoms with van der Waals surface area (Å²) >= 11 is 0. The number of hydrogen-bond acceptors (Lipinski definition) is 5. The first kappa shape index (κ1) is 16.1. The van der Waals surface area contributed by atoms with Gasteiger partial charge in [-0.05, 0) is 37.6 Å². The highest BCUT2D eigenvalue weighted by Gasteiger charge is 2.37. The number of rotatable bonds is 6. The quantitative estimate of drug-likeness (QED) is 0.876. The summed E-state index contributed by atoms with van der Waals surface area (Å²) in [6.07, 6.45) is 2.27. The van der Waals surface area contributed by atoms with E-state index in [9.17, 15) is 0 Å². The Morgan fingerprint density at radius 3 is 2.91 bits per heavy atom. The number of benzene rings is 1. The summed E-state index contributed by atoms with van der Waals surface area (Å²) in [5, 5.41) is 4.59. The second-order valence-electron chi connectivity index (χ2n) is 6.21. The monoisotopic (exact) mass is 317 g/mol. The van der Waals surface area contributed by atoms with Crippen molar-refractivity contribution in [2.24, 2.45) is 11.0 Å². The van der Waals surface area contributed by atoms with Crippen LogP contribution in [-0.4, -0.2) is 44.0 Å². The van der Waals surface area contributed by atoms with Gasteiger partial charge in [-0.15, -0.1) is 0 Å². The van der Waals surface area contributed by atoms with Gasteiger partial charge in [-0.2, -0.15) is 5.10 Å². The van der Waals surface area contributed by atoms with Gasteiger partial charge in [0.1, 0.15) is 0 Å². The van der Waals surface area contributed by atoms with Crippen LogP contribution < -0.4 is 14.9 Å². The molecule has 2 aliphatic rings. The fourth-order valence-electron chi connectivity index (χ4n) is 3.59. The molecule has 2 unspecified atom stereocenters. The molecule has 0 aromatic heterocycles. The van der Waals surface area contributed by atoms with E-state index in [2.05, 4.69) is 34.5 Å². The van der Waals surface area contributed by atoms with Crippen molar-refractivity contribution in [2.75, 3.05) is 33.4 Å². The molecule has 0 aliphatic carbocycles. The van der Waals surface area contributed by atoms with Crippen LogP contribution in [0, 0.1) is 5.92 Å². The summed E-state index contributed by atoms with van der Waals surface area (Å²) in [6.45, 7) is 8.24. The predicted molar refractivity (Wildman–Crippen MR) is 92.3 cm³/mol. The summed E-state index contributed by atoms with van der Waals surface area (Å²) in [6, 6.07) is 6.45. The second kappa shape index (κ2) is 7.21. The molecule has 1 fully saturated rings. The van der Waals surface area contributed by atoms with E-state index in [1.54, 1.807) is 7.11 Å². The van der Waals surface area contributed by atoms with Crippen LogP contribution >= 0.6 is 0 Å². The highest BCUT2D eigenvalue weighted by atomic mass is 16.5. The molecule has 2 atom stereocenters. The molecule has 0 bridgehead atoms. The third-order valence-electron chi connectivity index (χ3n) is 4.70. The molecule has 3 rings (SSSR count). The van der Waals surface area contributed by atoms with Gasteiger partial charge in [-0.25, -0.2) is 0 Å². The average Bonchev–Trinajstić information content (AvgIpc) is 2.99. The molecule has 5 heteroatoms. The Hall–Kier alpha value is -1.75. The Labute approximate surface area is 138 Å². The summed E-state index contributed by atoms with van der Waals surface area (Å²) in [5.74, 6) is 2.05. The van der Waals surface area contributed by atoms with E-state index in [1.807, 2.05) is 13.0 Å². The first-order valence-electron chi connectivity index (χ1n) is 8.61. The van der Waals surface area contributed by atoms with Crippen molar-refractivity contribution in [3.05, 3.63) is 23.8 Å². The van der Waals surface area contributed by atoms with Crippen molar-refractivity contribution in [1.29, 1.82) is 0 Å². The van der Waals surface area contributed by atoms with Crippen LogP contribution in [0.1, 0.15) is 38.3 Å². The summed E-state index contributed by atoms with van der Waals surface area (Å²) in [5.41, 5.74) is 5.88. The molecule has 0 amide bonds. The van der Waals surface area contributed by atoms with Gasteiger partial charge in [0.2, 0.25) is 0 Å². The lowest BCUT2D eigenvalue weighted by molar-refractivity contribution is 0.228. The van der Waals surface area contributed by atoms with Crippen LogP contribution in [-0.2, 0) is 0 Å². The molecule has 2 heterocycles. The highest BCUT2D eigenvalue weighted by Crippen LogP contribution is 2.36. The fraction of sp³-hybridized carbons (Fsp3) is 0.611. The van der Waals surface area contributed by atoms with Crippen LogP contribution in [0.5, 0.6) is 11.5 Å². The van der Waals surface area contributed by atoms with Gasteiger partial charge in [0, 0.05) is 31.1 Å². The van der Waals surface area contributed by atoms with Crippen LogP contribution in [0.25, 0.3) is 0 Å². The molecular formula is C18H27N3O2. The topological polar surface area (TPSA) is 46.1 Å². The van der Waals surface area contributed by atoms with Crippen LogP contribution in [0.4, 0.5) is 0 Å². The van der Waals surface area contributed by atoms with Gasteiger partial charge in [0.25, 0.3) is 0 Å². The minimum absolute atomic E-state index is 0.231. The van der Waals surface area contributed by atoms with E-state index in [0.29, 0.717) is 12.5 Å². The summed E-state index contributed by atoms with van der Waals surface area (Å²) < 4.78 is 11.1. The minimum atomic E-state index is 0.231.